The molecule has 0 aromatic carbocycles. The molecule has 46 valence electrons. The molecule has 1 aliphatic rings. The van der Waals surface area contributed by atoms with E-state index in [1.165, 1.54) is 0 Å². The van der Waals surface area contributed by atoms with E-state index < -0.39 is 4.87 Å². The van der Waals surface area contributed by atoms with E-state index in [9.17, 15) is 0 Å². The van der Waals surface area contributed by atoms with Gasteiger partial charge in [-0.15, -0.1) is 11.6 Å². The van der Waals surface area contributed by atoms with Crippen LogP contribution in [-0.4, -0.2) is 4.87 Å². The molecule has 0 N–H and O–H groups in total. The number of nitrogens with zero attached hydrogens (tertiary/aromatic N) is 2. The van der Waals surface area contributed by atoms with Gasteiger partial charge in [0.1, 0.15) is 4.87 Å². The molecule has 0 amide bonds. The first-order valence-electron chi connectivity index (χ1n) is 2.73. The minimum absolute atomic E-state index is 0.246. The van der Waals surface area contributed by atoms with Gasteiger partial charge in [0, 0.05) is 0 Å². The largest absolute Gasteiger partial charge is 0.198 e. The van der Waals surface area contributed by atoms with Crippen LogP contribution in [0.25, 0.3) is 0 Å². The molecule has 0 aliphatic heterocycles. The standard InChI is InChI=1S/C6H5ClN2/c7-6(4-9)2-1-5(6)3-8/h5H,1-2H2. The zero-order valence-electron chi connectivity index (χ0n) is 4.76. The van der Waals surface area contributed by atoms with Crippen LogP contribution in [0.3, 0.4) is 0 Å². The van der Waals surface area contributed by atoms with E-state index in [0.29, 0.717) is 6.42 Å². The summed E-state index contributed by atoms with van der Waals surface area (Å²) in [6.07, 6.45) is 1.43. The lowest BCUT2D eigenvalue weighted by molar-refractivity contribution is 0.335. The van der Waals surface area contributed by atoms with Crippen molar-refractivity contribution < 1.29 is 0 Å². The molecule has 0 spiro atoms. The number of hydrogen-bond acceptors (Lipinski definition) is 2. The Kier molecular flexibility index (Phi) is 1.35. The highest BCUT2D eigenvalue weighted by Gasteiger charge is 2.46. The summed E-state index contributed by atoms with van der Waals surface area (Å²) in [6, 6.07) is 3.91. The molecule has 2 atom stereocenters. The fourth-order valence-electron chi connectivity index (χ4n) is 0.843. The van der Waals surface area contributed by atoms with Gasteiger partial charge in [-0.25, -0.2) is 0 Å². The molecule has 0 aromatic rings. The predicted octanol–water partition coefficient (Wildman–Crippen LogP) is 1.42. The number of hydrogen-bond donors (Lipinski definition) is 0. The number of halogens is 1. The molecular formula is C6H5ClN2. The predicted molar refractivity (Wildman–Crippen MR) is 32.5 cm³/mol. The van der Waals surface area contributed by atoms with Crippen molar-refractivity contribution in [3.63, 3.8) is 0 Å². The molecule has 2 unspecified atom stereocenters. The summed E-state index contributed by atoms with van der Waals surface area (Å²) in [4.78, 5) is -0.852. The van der Waals surface area contributed by atoms with E-state index in [4.69, 9.17) is 22.1 Å². The Morgan fingerprint density at radius 3 is 2.33 bits per heavy atom. The zero-order chi connectivity index (χ0) is 6.91. The SMILES string of the molecule is N#CC1CCC1(Cl)C#N. The molecule has 3 heteroatoms. The first-order chi connectivity index (χ1) is 4.23. The normalized spacial score (nSPS) is 40.1. The van der Waals surface area contributed by atoms with Gasteiger partial charge >= 0.3 is 0 Å². The van der Waals surface area contributed by atoms with Crippen LogP contribution in [0.1, 0.15) is 12.8 Å². The maximum atomic E-state index is 8.41. The van der Waals surface area contributed by atoms with E-state index in [-0.39, 0.29) is 5.92 Å². The van der Waals surface area contributed by atoms with Crippen molar-refractivity contribution in [3.05, 3.63) is 0 Å². The summed E-state index contributed by atoms with van der Waals surface area (Å²) in [7, 11) is 0. The molecule has 1 fully saturated rings. The maximum absolute atomic E-state index is 8.41. The third-order valence-electron chi connectivity index (χ3n) is 1.69. The quantitative estimate of drug-likeness (QED) is 0.478. The number of rotatable bonds is 0. The van der Waals surface area contributed by atoms with Gasteiger partial charge < -0.3 is 0 Å². The number of nitriles is 2. The lowest BCUT2D eigenvalue weighted by Gasteiger charge is -2.33. The average molecular weight is 141 g/mol. The van der Waals surface area contributed by atoms with Crippen LogP contribution in [0.2, 0.25) is 0 Å². The van der Waals surface area contributed by atoms with Gasteiger partial charge in [0.25, 0.3) is 0 Å². The molecule has 0 heterocycles. The molecule has 0 saturated heterocycles. The molecule has 0 bridgehead atoms. The molecule has 1 saturated carbocycles. The van der Waals surface area contributed by atoms with Gasteiger partial charge in [0.2, 0.25) is 0 Å². The van der Waals surface area contributed by atoms with Crippen molar-refractivity contribution in [1.82, 2.24) is 0 Å². The first-order valence-corrected chi connectivity index (χ1v) is 3.10. The van der Waals surface area contributed by atoms with Crippen LogP contribution >= 0.6 is 11.6 Å². The van der Waals surface area contributed by atoms with Crippen LogP contribution in [0.5, 0.6) is 0 Å². The summed E-state index contributed by atoms with van der Waals surface area (Å²) < 4.78 is 0. The number of alkyl halides is 1. The Balaban J connectivity index is 2.68. The molecule has 1 aliphatic carbocycles. The van der Waals surface area contributed by atoms with Gasteiger partial charge in [-0.2, -0.15) is 10.5 Å². The van der Waals surface area contributed by atoms with Crippen molar-refractivity contribution >= 4 is 11.6 Å². The molecule has 0 radical (unpaired) electrons. The molecule has 0 aromatic heterocycles. The lowest BCUT2D eigenvalue weighted by atomic mass is 9.75. The first kappa shape index (κ1) is 6.39. The Bertz CT molecular complexity index is 200. The third kappa shape index (κ3) is 0.763. The van der Waals surface area contributed by atoms with Crippen LogP contribution in [-0.2, 0) is 0 Å². The van der Waals surface area contributed by atoms with E-state index in [2.05, 4.69) is 0 Å². The van der Waals surface area contributed by atoms with Crippen molar-refractivity contribution in [2.75, 3.05) is 0 Å². The monoisotopic (exact) mass is 140 g/mol. The fourth-order valence-corrected chi connectivity index (χ4v) is 1.11. The zero-order valence-corrected chi connectivity index (χ0v) is 5.52. The molecular weight excluding hydrogens is 136 g/mol. The summed E-state index contributed by atoms with van der Waals surface area (Å²) in [6.45, 7) is 0. The Morgan fingerprint density at radius 2 is 2.22 bits per heavy atom. The summed E-state index contributed by atoms with van der Waals surface area (Å²) in [5.41, 5.74) is 0. The second kappa shape index (κ2) is 1.90. The summed E-state index contributed by atoms with van der Waals surface area (Å²) in [5.74, 6) is -0.246. The average Bonchev–Trinajstić information content (AvgIpc) is 1.85. The van der Waals surface area contributed by atoms with Crippen molar-refractivity contribution in [2.45, 2.75) is 17.7 Å². The summed E-state index contributed by atoms with van der Waals surface area (Å²) >= 11 is 5.67. The second-order valence-electron chi connectivity index (χ2n) is 2.19. The topological polar surface area (TPSA) is 47.6 Å². The molecule has 2 nitrogen and oxygen atoms in total. The maximum Gasteiger partial charge on any atom is 0.146 e. The highest BCUT2D eigenvalue weighted by molar-refractivity contribution is 6.26. The van der Waals surface area contributed by atoms with Crippen molar-refractivity contribution in [2.24, 2.45) is 5.92 Å². The molecule has 1 rings (SSSR count). The van der Waals surface area contributed by atoms with E-state index in [1.807, 2.05) is 12.1 Å². The fraction of sp³-hybridized carbons (Fsp3) is 0.667. The third-order valence-corrected chi connectivity index (χ3v) is 2.23. The van der Waals surface area contributed by atoms with Gasteiger partial charge in [-0.1, -0.05) is 0 Å². The van der Waals surface area contributed by atoms with Crippen LogP contribution in [0.4, 0.5) is 0 Å². The van der Waals surface area contributed by atoms with Crippen LogP contribution in [0, 0.1) is 28.6 Å². The van der Waals surface area contributed by atoms with E-state index in [1.54, 1.807) is 0 Å². The van der Waals surface area contributed by atoms with Crippen molar-refractivity contribution in [3.8, 4) is 12.1 Å². The van der Waals surface area contributed by atoms with E-state index in [0.717, 1.165) is 6.42 Å². The van der Waals surface area contributed by atoms with Gasteiger partial charge in [0.15, 0.2) is 0 Å². The Labute approximate surface area is 58.6 Å². The highest BCUT2D eigenvalue weighted by Crippen LogP contribution is 2.42. The molecule has 9 heavy (non-hydrogen) atoms. The minimum Gasteiger partial charge on any atom is -0.198 e. The van der Waals surface area contributed by atoms with Gasteiger partial charge in [-0.05, 0) is 12.8 Å². The Morgan fingerprint density at radius 1 is 1.56 bits per heavy atom. The van der Waals surface area contributed by atoms with Crippen LogP contribution in [0.15, 0.2) is 0 Å². The second-order valence-corrected chi connectivity index (χ2v) is 2.87. The van der Waals surface area contributed by atoms with Crippen molar-refractivity contribution in [1.29, 1.82) is 10.5 Å². The lowest BCUT2D eigenvalue weighted by Crippen LogP contribution is -2.39. The van der Waals surface area contributed by atoms with Crippen LogP contribution < -0.4 is 0 Å². The van der Waals surface area contributed by atoms with E-state index >= 15 is 0 Å². The minimum atomic E-state index is -0.852. The highest BCUT2D eigenvalue weighted by atomic mass is 35.5. The Hall–Kier alpha value is -0.730. The van der Waals surface area contributed by atoms with Gasteiger partial charge in [0.05, 0.1) is 18.1 Å². The van der Waals surface area contributed by atoms with Gasteiger partial charge in [-0.3, -0.25) is 0 Å². The summed E-state index contributed by atoms with van der Waals surface area (Å²) in [5, 5.41) is 16.8. The smallest absolute Gasteiger partial charge is 0.146 e.